The van der Waals surface area contributed by atoms with Crippen molar-refractivity contribution in [1.29, 1.82) is 0 Å². The first-order chi connectivity index (χ1) is 13.2. The fourth-order valence-electron chi connectivity index (χ4n) is 4.61. The van der Waals surface area contributed by atoms with Crippen molar-refractivity contribution in [2.45, 2.75) is 12.3 Å². The lowest BCUT2D eigenvalue weighted by Crippen LogP contribution is -2.28. The smallest absolute Gasteiger partial charge is 0.115 e. The van der Waals surface area contributed by atoms with E-state index in [0.717, 1.165) is 5.56 Å². The van der Waals surface area contributed by atoms with Crippen LogP contribution in [0.5, 0.6) is 5.75 Å². The van der Waals surface area contributed by atoms with Crippen LogP contribution in [0.15, 0.2) is 97.1 Å². The molecule has 0 saturated carbocycles. The zero-order valence-corrected chi connectivity index (χ0v) is 15.2. The van der Waals surface area contributed by atoms with Crippen molar-refractivity contribution in [1.82, 2.24) is 0 Å². The summed E-state index contributed by atoms with van der Waals surface area (Å²) in [7, 11) is 0. The molecule has 1 nitrogen and oxygen atoms in total. The summed E-state index contributed by atoms with van der Waals surface area (Å²) >= 11 is 0. The number of phenolic OH excluding ortho intramolecular Hbond substituents is 1. The molecule has 1 N–H and O–H groups in total. The lowest BCUT2D eigenvalue weighted by molar-refractivity contribution is 0.473. The second kappa shape index (κ2) is 5.85. The maximum atomic E-state index is 10.3. The van der Waals surface area contributed by atoms with E-state index < -0.39 is 5.41 Å². The summed E-state index contributed by atoms with van der Waals surface area (Å²) in [4.78, 5) is 0. The predicted molar refractivity (Wildman–Crippen MR) is 110 cm³/mol. The van der Waals surface area contributed by atoms with E-state index in [2.05, 4.69) is 85.8 Å². The minimum Gasteiger partial charge on any atom is -0.508 e. The van der Waals surface area contributed by atoms with Gasteiger partial charge in [-0.25, -0.2) is 0 Å². The largest absolute Gasteiger partial charge is 0.508 e. The first-order valence-corrected chi connectivity index (χ1v) is 9.27. The van der Waals surface area contributed by atoms with Gasteiger partial charge in [-0.05, 0) is 52.4 Å². The van der Waals surface area contributed by atoms with E-state index in [1.54, 1.807) is 6.07 Å². The molecule has 1 aliphatic carbocycles. The molecule has 1 unspecified atom stereocenters. The van der Waals surface area contributed by atoms with Crippen molar-refractivity contribution in [2.24, 2.45) is 0 Å². The molecule has 1 heteroatoms. The van der Waals surface area contributed by atoms with Gasteiger partial charge in [-0.15, -0.1) is 0 Å². The molecule has 0 spiro atoms. The Balaban J connectivity index is 1.99. The second-order valence-electron chi connectivity index (χ2n) is 7.26. The monoisotopic (exact) mass is 348 g/mol. The number of phenols is 1. The third-order valence-electron chi connectivity index (χ3n) is 5.69. The summed E-state index contributed by atoms with van der Waals surface area (Å²) < 4.78 is 0. The van der Waals surface area contributed by atoms with E-state index in [0.29, 0.717) is 5.75 Å². The van der Waals surface area contributed by atoms with E-state index in [4.69, 9.17) is 0 Å². The zero-order chi connectivity index (χ0) is 18.4. The van der Waals surface area contributed by atoms with Gasteiger partial charge < -0.3 is 5.11 Å². The van der Waals surface area contributed by atoms with Crippen molar-refractivity contribution in [3.05, 3.63) is 125 Å². The van der Waals surface area contributed by atoms with Gasteiger partial charge in [0.25, 0.3) is 0 Å². The van der Waals surface area contributed by atoms with E-state index in [1.165, 1.54) is 33.4 Å². The number of fused-ring (bicyclic) bond motifs is 3. The molecular formula is C26H20O. The highest BCUT2D eigenvalue weighted by atomic mass is 16.3. The Morgan fingerprint density at radius 2 is 1.30 bits per heavy atom. The third-order valence-corrected chi connectivity index (χ3v) is 5.69. The molecule has 1 atom stereocenters. The minimum atomic E-state index is -0.433. The van der Waals surface area contributed by atoms with Crippen LogP contribution >= 0.6 is 0 Å². The Morgan fingerprint density at radius 1 is 0.593 bits per heavy atom. The molecular weight excluding hydrogens is 328 g/mol. The molecule has 0 amide bonds. The molecule has 0 saturated heterocycles. The average Bonchev–Trinajstić information content (AvgIpc) is 2.99. The van der Waals surface area contributed by atoms with Crippen LogP contribution in [0.1, 0.15) is 27.8 Å². The molecule has 0 fully saturated rings. The van der Waals surface area contributed by atoms with Crippen LogP contribution in [0.2, 0.25) is 0 Å². The summed E-state index contributed by atoms with van der Waals surface area (Å²) in [5.41, 5.74) is 8.18. The Hall–Kier alpha value is -3.32. The van der Waals surface area contributed by atoms with Crippen molar-refractivity contribution in [2.75, 3.05) is 0 Å². The molecule has 4 aromatic rings. The highest BCUT2D eigenvalue weighted by molar-refractivity contribution is 5.86. The van der Waals surface area contributed by atoms with Crippen LogP contribution < -0.4 is 0 Å². The SMILES string of the molecule is Cc1ccc2c(c1)C(c1ccccc1)(c1cccc(O)c1)c1ccccc1-2. The van der Waals surface area contributed by atoms with Crippen LogP contribution in [0.3, 0.4) is 0 Å². The van der Waals surface area contributed by atoms with Gasteiger partial charge in [0.05, 0.1) is 5.41 Å². The van der Waals surface area contributed by atoms with Gasteiger partial charge >= 0.3 is 0 Å². The van der Waals surface area contributed by atoms with Crippen molar-refractivity contribution >= 4 is 0 Å². The average molecular weight is 348 g/mol. The topological polar surface area (TPSA) is 20.2 Å². The molecule has 4 aromatic carbocycles. The van der Waals surface area contributed by atoms with E-state index in [-0.39, 0.29) is 0 Å². The van der Waals surface area contributed by atoms with Crippen molar-refractivity contribution < 1.29 is 5.11 Å². The summed E-state index contributed by atoms with van der Waals surface area (Å²) in [6.45, 7) is 2.14. The molecule has 1 aliphatic rings. The molecule has 130 valence electrons. The first kappa shape index (κ1) is 15.9. The van der Waals surface area contributed by atoms with Gasteiger partial charge in [0, 0.05) is 0 Å². The van der Waals surface area contributed by atoms with Crippen LogP contribution in [-0.4, -0.2) is 5.11 Å². The fraction of sp³-hybridized carbons (Fsp3) is 0.0769. The minimum absolute atomic E-state index is 0.293. The number of benzene rings is 4. The number of hydrogen-bond donors (Lipinski definition) is 1. The molecule has 5 rings (SSSR count). The Morgan fingerprint density at radius 3 is 2.11 bits per heavy atom. The maximum Gasteiger partial charge on any atom is 0.115 e. The first-order valence-electron chi connectivity index (χ1n) is 9.27. The Labute approximate surface area is 159 Å². The van der Waals surface area contributed by atoms with Gasteiger partial charge in [0.15, 0.2) is 0 Å². The van der Waals surface area contributed by atoms with Crippen LogP contribution in [0, 0.1) is 6.92 Å². The molecule has 0 radical (unpaired) electrons. The van der Waals surface area contributed by atoms with E-state index in [1.807, 2.05) is 12.1 Å². The number of aromatic hydroxyl groups is 1. The van der Waals surface area contributed by atoms with Gasteiger partial charge in [-0.3, -0.25) is 0 Å². The Kier molecular flexibility index (Phi) is 3.45. The van der Waals surface area contributed by atoms with E-state index in [9.17, 15) is 5.11 Å². The lowest BCUT2D eigenvalue weighted by atomic mass is 9.67. The molecule has 0 aromatic heterocycles. The number of aryl methyl sites for hydroxylation is 1. The lowest BCUT2D eigenvalue weighted by Gasteiger charge is -2.34. The summed E-state index contributed by atoms with van der Waals surface area (Å²) in [6, 6.07) is 33.7. The molecule has 0 bridgehead atoms. The molecule has 0 aliphatic heterocycles. The highest BCUT2D eigenvalue weighted by Gasteiger charge is 2.46. The van der Waals surface area contributed by atoms with Gasteiger partial charge in [-0.2, -0.15) is 0 Å². The van der Waals surface area contributed by atoms with Crippen LogP contribution in [-0.2, 0) is 5.41 Å². The van der Waals surface area contributed by atoms with Crippen molar-refractivity contribution in [3.63, 3.8) is 0 Å². The van der Waals surface area contributed by atoms with Crippen LogP contribution in [0.4, 0.5) is 0 Å². The predicted octanol–water partition coefficient (Wildman–Crippen LogP) is 6.06. The maximum absolute atomic E-state index is 10.3. The number of hydrogen-bond acceptors (Lipinski definition) is 1. The van der Waals surface area contributed by atoms with Crippen molar-refractivity contribution in [3.8, 4) is 16.9 Å². The summed E-state index contributed by atoms with van der Waals surface area (Å²) in [5.74, 6) is 0.293. The standard InChI is InChI=1S/C26H20O/c1-18-14-15-23-22-12-5-6-13-24(22)26(25(23)16-18,19-8-3-2-4-9-19)20-10-7-11-21(27)17-20/h2-17,27H,1H3. The molecule has 27 heavy (non-hydrogen) atoms. The molecule has 0 heterocycles. The quantitative estimate of drug-likeness (QED) is 0.411. The second-order valence-corrected chi connectivity index (χ2v) is 7.26. The summed E-state index contributed by atoms with van der Waals surface area (Å²) in [5, 5.41) is 10.3. The normalized spacial score (nSPS) is 17.4. The van der Waals surface area contributed by atoms with E-state index >= 15 is 0 Å². The summed E-state index contributed by atoms with van der Waals surface area (Å²) in [6.07, 6.45) is 0. The fourth-order valence-corrected chi connectivity index (χ4v) is 4.61. The van der Waals surface area contributed by atoms with Gasteiger partial charge in [0.1, 0.15) is 5.75 Å². The third kappa shape index (κ3) is 2.18. The Bertz CT molecular complexity index is 1140. The highest BCUT2D eigenvalue weighted by Crippen LogP contribution is 2.56. The van der Waals surface area contributed by atoms with Gasteiger partial charge in [0.2, 0.25) is 0 Å². The zero-order valence-electron chi connectivity index (χ0n) is 15.2. The van der Waals surface area contributed by atoms with Gasteiger partial charge in [-0.1, -0.05) is 90.5 Å². The number of rotatable bonds is 2. The van der Waals surface area contributed by atoms with Crippen LogP contribution in [0.25, 0.3) is 11.1 Å².